The predicted octanol–water partition coefficient (Wildman–Crippen LogP) is 3.31. The first-order chi connectivity index (χ1) is 11.4. The summed E-state index contributed by atoms with van der Waals surface area (Å²) in [7, 11) is 0. The van der Waals surface area contributed by atoms with E-state index in [0.29, 0.717) is 6.04 Å². The summed E-state index contributed by atoms with van der Waals surface area (Å²) >= 11 is 0. The molecular weight excluding hydrogens is 302 g/mol. The number of aromatic nitrogens is 1. The summed E-state index contributed by atoms with van der Waals surface area (Å²) in [5, 5.41) is 4.86. The summed E-state index contributed by atoms with van der Waals surface area (Å²) in [6, 6.07) is 8.72. The van der Waals surface area contributed by atoms with Crippen LogP contribution in [0.4, 0.5) is 4.79 Å². The number of carbonyl (C=O) groups excluding carboxylic acids is 1. The van der Waals surface area contributed by atoms with E-state index >= 15 is 0 Å². The van der Waals surface area contributed by atoms with Gasteiger partial charge in [0.2, 0.25) is 0 Å². The number of likely N-dealkylation sites (tertiary alicyclic amines) is 1. The van der Waals surface area contributed by atoms with Crippen LogP contribution < -0.4 is 5.32 Å². The molecule has 5 heteroatoms. The molecule has 1 aliphatic heterocycles. The quantitative estimate of drug-likeness (QED) is 0.905. The van der Waals surface area contributed by atoms with E-state index in [1.54, 1.807) is 4.90 Å². The van der Waals surface area contributed by atoms with Crippen LogP contribution in [0.25, 0.3) is 10.9 Å². The van der Waals surface area contributed by atoms with Crippen molar-refractivity contribution in [3.05, 3.63) is 36.0 Å². The average Bonchev–Trinajstić information content (AvgIpc) is 3.13. The molecule has 1 aliphatic rings. The van der Waals surface area contributed by atoms with E-state index in [0.717, 1.165) is 32.5 Å². The van der Waals surface area contributed by atoms with Crippen molar-refractivity contribution >= 4 is 17.0 Å². The lowest BCUT2D eigenvalue weighted by atomic mass is 10.1. The monoisotopic (exact) mass is 329 g/mol. The first-order valence-electron chi connectivity index (χ1n) is 8.69. The highest BCUT2D eigenvalue weighted by molar-refractivity contribution is 5.83. The Hall–Kier alpha value is -2.01. The van der Waals surface area contributed by atoms with Gasteiger partial charge in [-0.2, -0.15) is 0 Å². The van der Waals surface area contributed by atoms with Crippen LogP contribution in [-0.2, 0) is 11.2 Å². The molecule has 2 N–H and O–H groups in total. The normalized spacial score (nSPS) is 18.3. The van der Waals surface area contributed by atoms with Crippen molar-refractivity contribution in [1.29, 1.82) is 0 Å². The molecule has 5 nitrogen and oxygen atoms in total. The first kappa shape index (κ1) is 16.8. The number of carbonyl (C=O) groups is 1. The Bertz CT molecular complexity index is 702. The van der Waals surface area contributed by atoms with Gasteiger partial charge >= 0.3 is 6.09 Å². The van der Waals surface area contributed by atoms with Crippen LogP contribution in [0.15, 0.2) is 30.5 Å². The highest BCUT2D eigenvalue weighted by Gasteiger charge is 2.29. The van der Waals surface area contributed by atoms with Gasteiger partial charge in [-0.1, -0.05) is 18.2 Å². The Kier molecular flexibility index (Phi) is 4.81. The Labute approximate surface area is 143 Å². The lowest BCUT2D eigenvalue weighted by Crippen LogP contribution is -2.38. The molecule has 0 spiro atoms. The van der Waals surface area contributed by atoms with E-state index in [-0.39, 0.29) is 6.09 Å². The fourth-order valence-electron chi connectivity index (χ4n) is 3.17. The number of fused-ring (bicyclic) bond motifs is 1. The Morgan fingerprint density at radius 1 is 1.38 bits per heavy atom. The molecule has 1 aromatic heterocycles. The molecule has 3 rings (SSSR count). The van der Waals surface area contributed by atoms with Gasteiger partial charge in [0.15, 0.2) is 0 Å². The molecule has 0 bridgehead atoms. The fraction of sp³-hybridized carbons (Fsp3) is 0.526. The summed E-state index contributed by atoms with van der Waals surface area (Å²) in [6.07, 6.45) is 3.84. The van der Waals surface area contributed by atoms with Crippen LogP contribution >= 0.6 is 0 Å². The van der Waals surface area contributed by atoms with Crippen LogP contribution in [0.2, 0.25) is 0 Å². The molecule has 24 heavy (non-hydrogen) atoms. The number of ether oxygens (including phenoxy) is 1. The summed E-state index contributed by atoms with van der Waals surface area (Å²) in [5.74, 6) is 0. The summed E-state index contributed by atoms with van der Waals surface area (Å²) in [6.45, 7) is 8.10. The SMILES string of the molecule is CC(C)(C)OC(=O)N1CC[C@H](NCCc2c[nH]c3ccccc23)C1. The topological polar surface area (TPSA) is 57.4 Å². The van der Waals surface area contributed by atoms with Crippen LogP contribution in [0, 0.1) is 0 Å². The van der Waals surface area contributed by atoms with E-state index in [1.807, 2.05) is 26.8 Å². The number of nitrogens with zero attached hydrogens (tertiary/aromatic N) is 1. The molecular formula is C19H27N3O2. The zero-order chi connectivity index (χ0) is 17.2. The van der Waals surface area contributed by atoms with Crippen molar-refractivity contribution in [1.82, 2.24) is 15.2 Å². The molecule has 1 atom stereocenters. The summed E-state index contributed by atoms with van der Waals surface area (Å²) < 4.78 is 5.44. The largest absolute Gasteiger partial charge is 0.444 e. The van der Waals surface area contributed by atoms with Crippen molar-refractivity contribution in [2.24, 2.45) is 0 Å². The second kappa shape index (κ2) is 6.85. The molecule has 0 radical (unpaired) electrons. The van der Waals surface area contributed by atoms with Gasteiger partial charge in [-0.3, -0.25) is 0 Å². The van der Waals surface area contributed by atoms with E-state index in [4.69, 9.17) is 4.74 Å². The van der Waals surface area contributed by atoms with Gasteiger partial charge in [0, 0.05) is 36.2 Å². The maximum Gasteiger partial charge on any atom is 0.410 e. The van der Waals surface area contributed by atoms with Gasteiger partial charge in [-0.15, -0.1) is 0 Å². The number of hydrogen-bond donors (Lipinski definition) is 2. The van der Waals surface area contributed by atoms with Crippen LogP contribution in [0.3, 0.4) is 0 Å². The zero-order valence-corrected chi connectivity index (χ0v) is 14.8. The van der Waals surface area contributed by atoms with Gasteiger partial charge in [-0.05, 0) is 51.8 Å². The number of amides is 1. The van der Waals surface area contributed by atoms with Crippen molar-refractivity contribution in [3.63, 3.8) is 0 Å². The number of H-pyrrole nitrogens is 1. The number of rotatable bonds is 4. The number of nitrogens with one attached hydrogen (secondary N) is 2. The smallest absolute Gasteiger partial charge is 0.410 e. The molecule has 0 unspecified atom stereocenters. The second-order valence-corrected chi connectivity index (χ2v) is 7.48. The lowest BCUT2D eigenvalue weighted by molar-refractivity contribution is 0.0291. The molecule has 2 heterocycles. The van der Waals surface area contributed by atoms with Crippen LogP contribution in [0.1, 0.15) is 32.8 Å². The van der Waals surface area contributed by atoms with Crippen molar-refractivity contribution in [3.8, 4) is 0 Å². The van der Waals surface area contributed by atoms with E-state index in [9.17, 15) is 4.79 Å². The van der Waals surface area contributed by atoms with Crippen molar-refractivity contribution in [2.45, 2.75) is 45.3 Å². The van der Waals surface area contributed by atoms with Crippen LogP contribution in [0.5, 0.6) is 0 Å². The Balaban J connectivity index is 1.46. The van der Waals surface area contributed by atoms with Gasteiger partial charge in [0.25, 0.3) is 0 Å². The third-order valence-electron chi connectivity index (χ3n) is 4.34. The molecule has 1 saturated heterocycles. The molecule has 1 amide bonds. The van der Waals surface area contributed by atoms with Gasteiger partial charge in [-0.25, -0.2) is 4.79 Å². The van der Waals surface area contributed by atoms with Crippen molar-refractivity contribution < 1.29 is 9.53 Å². The fourth-order valence-corrected chi connectivity index (χ4v) is 3.17. The van der Waals surface area contributed by atoms with Crippen LogP contribution in [-0.4, -0.2) is 47.3 Å². The molecule has 1 fully saturated rings. The average molecular weight is 329 g/mol. The van der Waals surface area contributed by atoms with E-state index in [1.165, 1.54) is 16.5 Å². The number of para-hydroxylation sites is 1. The minimum Gasteiger partial charge on any atom is -0.444 e. The molecule has 1 aromatic carbocycles. The second-order valence-electron chi connectivity index (χ2n) is 7.48. The molecule has 0 saturated carbocycles. The van der Waals surface area contributed by atoms with Gasteiger partial charge in [0.1, 0.15) is 5.60 Å². The molecule has 130 valence electrons. The first-order valence-corrected chi connectivity index (χ1v) is 8.69. The third-order valence-corrected chi connectivity index (χ3v) is 4.34. The standard InChI is InChI=1S/C19H27N3O2/c1-19(2,3)24-18(23)22-11-9-15(13-22)20-10-8-14-12-21-17-7-5-4-6-16(14)17/h4-7,12,15,20-21H,8-11,13H2,1-3H3/t15-/m0/s1. The minimum absolute atomic E-state index is 0.205. The summed E-state index contributed by atoms with van der Waals surface area (Å²) in [4.78, 5) is 17.2. The van der Waals surface area contributed by atoms with Gasteiger partial charge in [0.05, 0.1) is 0 Å². The van der Waals surface area contributed by atoms with Gasteiger partial charge < -0.3 is 19.9 Å². The minimum atomic E-state index is -0.433. The Morgan fingerprint density at radius 3 is 2.96 bits per heavy atom. The predicted molar refractivity (Wildman–Crippen MR) is 96.2 cm³/mol. The van der Waals surface area contributed by atoms with Crippen molar-refractivity contribution in [2.75, 3.05) is 19.6 Å². The maximum absolute atomic E-state index is 12.1. The van der Waals surface area contributed by atoms with E-state index in [2.05, 4.69) is 34.7 Å². The zero-order valence-electron chi connectivity index (χ0n) is 14.8. The highest BCUT2D eigenvalue weighted by atomic mass is 16.6. The Morgan fingerprint density at radius 2 is 2.17 bits per heavy atom. The lowest BCUT2D eigenvalue weighted by Gasteiger charge is -2.24. The third kappa shape index (κ3) is 4.09. The number of aromatic amines is 1. The maximum atomic E-state index is 12.1. The molecule has 0 aliphatic carbocycles. The molecule has 2 aromatic rings. The van der Waals surface area contributed by atoms with E-state index < -0.39 is 5.60 Å². The highest BCUT2D eigenvalue weighted by Crippen LogP contribution is 2.18. The number of hydrogen-bond acceptors (Lipinski definition) is 3. The number of benzene rings is 1. The summed E-state index contributed by atoms with van der Waals surface area (Å²) in [5.41, 5.74) is 2.09.